The summed E-state index contributed by atoms with van der Waals surface area (Å²) in [5.41, 5.74) is 2.99. The summed E-state index contributed by atoms with van der Waals surface area (Å²) in [6.45, 7) is 5.27. The Balaban J connectivity index is 1.44. The van der Waals surface area contributed by atoms with Crippen molar-refractivity contribution in [3.63, 3.8) is 0 Å². The Morgan fingerprint density at radius 3 is 2.38 bits per heavy atom. The van der Waals surface area contributed by atoms with E-state index in [2.05, 4.69) is 10.4 Å². The number of rotatable bonds is 7. The highest BCUT2D eigenvalue weighted by molar-refractivity contribution is 5.94. The number of aryl methyl sites for hydroxylation is 1. The number of hydrogen-bond acceptors (Lipinski definition) is 5. The van der Waals surface area contributed by atoms with Crippen molar-refractivity contribution in [1.82, 2.24) is 15.1 Å². The molecule has 2 heterocycles. The molecule has 8 nitrogen and oxygen atoms in total. The van der Waals surface area contributed by atoms with E-state index in [0.29, 0.717) is 43.3 Å². The van der Waals surface area contributed by atoms with Crippen LogP contribution in [0.15, 0.2) is 48.5 Å². The predicted octanol–water partition coefficient (Wildman–Crippen LogP) is 4.07. The van der Waals surface area contributed by atoms with E-state index in [1.807, 2.05) is 12.1 Å². The van der Waals surface area contributed by atoms with Gasteiger partial charge in [-0.3, -0.25) is 19.6 Å². The first-order valence-electron chi connectivity index (χ1n) is 11.2. The molecule has 9 heteroatoms. The number of nitrogens with zero attached hydrogens (tertiary/aromatic N) is 3. The van der Waals surface area contributed by atoms with Crippen molar-refractivity contribution in [3.05, 3.63) is 92.5 Å². The normalized spacial score (nSPS) is 15.1. The van der Waals surface area contributed by atoms with Crippen LogP contribution in [0.3, 0.4) is 0 Å². The Morgan fingerprint density at radius 1 is 1.15 bits per heavy atom. The molecule has 1 N–H and O–H groups in total. The molecule has 0 atom stereocenters. The fourth-order valence-electron chi connectivity index (χ4n) is 4.52. The number of aromatic nitrogens is 2. The van der Waals surface area contributed by atoms with Crippen molar-refractivity contribution in [2.45, 2.75) is 38.6 Å². The van der Waals surface area contributed by atoms with Crippen LogP contribution < -0.4 is 5.32 Å². The molecule has 0 spiro atoms. The minimum Gasteiger partial charge on any atom is -0.381 e. The quantitative estimate of drug-likeness (QED) is 0.418. The zero-order valence-corrected chi connectivity index (χ0v) is 19.2. The first kappa shape index (κ1) is 23.6. The Hall–Kier alpha value is -3.59. The maximum absolute atomic E-state index is 13.4. The zero-order valence-electron chi connectivity index (χ0n) is 19.2. The summed E-state index contributed by atoms with van der Waals surface area (Å²) in [5, 5.41) is 18.5. The van der Waals surface area contributed by atoms with E-state index in [9.17, 15) is 19.3 Å². The summed E-state index contributed by atoms with van der Waals surface area (Å²) >= 11 is 0. The number of hydrogen-bond donors (Lipinski definition) is 1. The Morgan fingerprint density at radius 2 is 1.79 bits per heavy atom. The predicted molar refractivity (Wildman–Crippen MR) is 124 cm³/mol. The molecule has 1 amide bonds. The number of carbonyl (C=O) groups excluding carboxylic acids is 1. The van der Waals surface area contributed by atoms with Crippen LogP contribution in [0.1, 0.15) is 45.7 Å². The van der Waals surface area contributed by atoms with E-state index in [-0.39, 0.29) is 22.8 Å². The fourth-order valence-corrected chi connectivity index (χ4v) is 4.52. The van der Waals surface area contributed by atoms with Gasteiger partial charge in [0, 0.05) is 30.7 Å². The van der Waals surface area contributed by atoms with Gasteiger partial charge in [0.2, 0.25) is 0 Å². The molecule has 1 aliphatic rings. The van der Waals surface area contributed by atoms with Crippen LogP contribution >= 0.6 is 0 Å². The molecular formula is C25H27FN4O4. The van der Waals surface area contributed by atoms with Gasteiger partial charge in [0.15, 0.2) is 0 Å². The molecule has 4 rings (SSSR count). The number of ether oxygens (including phenoxy) is 1. The van der Waals surface area contributed by atoms with Crippen LogP contribution in [-0.2, 0) is 16.7 Å². The third kappa shape index (κ3) is 4.84. The summed E-state index contributed by atoms with van der Waals surface area (Å²) in [6, 6.07) is 13.6. The van der Waals surface area contributed by atoms with Gasteiger partial charge in [0.05, 0.1) is 11.5 Å². The molecule has 1 fully saturated rings. The molecule has 0 saturated carbocycles. The van der Waals surface area contributed by atoms with E-state index in [1.165, 1.54) is 12.1 Å². The van der Waals surface area contributed by atoms with Gasteiger partial charge in [-0.25, -0.2) is 4.39 Å². The average Bonchev–Trinajstić information content (AvgIpc) is 3.11. The third-order valence-electron chi connectivity index (χ3n) is 6.57. The maximum Gasteiger partial charge on any atom is 0.312 e. The summed E-state index contributed by atoms with van der Waals surface area (Å²) in [4.78, 5) is 23.7. The summed E-state index contributed by atoms with van der Waals surface area (Å²) in [6.07, 6.45) is 1.49. The highest BCUT2D eigenvalue weighted by Gasteiger charge is 2.35. The van der Waals surface area contributed by atoms with Gasteiger partial charge in [-0.2, -0.15) is 5.10 Å². The van der Waals surface area contributed by atoms with Gasteiger partial charge in [-0.1, -0.05) is 24.3 Å². The van der Waals surface area contributed by atoms with Gasteiger partial charge >= 0.3 is 5.69 Å². The first-order chi connectivity index (χ1) is 16.3. The second kappa shape index (κ2) is 9.72. The topological polar surface area (TPSA) is 99.3 Å². The van der Waals surface area contributed by atoms with Crippen LogP contribution in [0.5, 0.6) is 0 Å². The molecule has 0 aliphatic carbocycles. The van der Waals surface area contributed by atoms with Crippen LogP contribution in [0, 0.1) is 29.8 Å². The second-order valence-corrected chi connectivity index (χ2v) is 8.71. The first-order valence-corrected chi connectivity index (χ1v) is 11.2. The van der Waals surface area contributed by atoms with Gasteiger partial charge in [-0.15, -0.1) is 0 Å². The van der Waals surface area contributed by atoms with Crippen LogP contribution in [0.4, 0.5) is 10.1 Å². The molecule has 34 heavy (non-hydrogen) atoms. The summed E-state index contributed by atoms with van der Waals surface area (Å²) in [5.74, 6) is -0.480. The monoisotopic (exact) mass is 466 g/mol. The average molecular weight is 467 g/mol. The lowest BCUT2D eigenvalue weighted by atomic mass is 9.74. The standard InChI is InChI=1S/C25H27FN4O4/c1-17-23(30(32)33)18(2)29(28-17)15-19-3-5-20(6-4-19)24(31)27-16-25(11-13-34-14-12-25)21-7-9-22(26)10-8-21/h3-10H,11-16H2,1-2H3,(H,27,31). The molecule has 3 aromatic rings. The minimum atomic E-state index is -0.418. The third-order valence-corrected chi connectivity index (χ3v) is 6.57. The highest BCUT2D eigenvalue weighted by Crippen LogP contribution is 2.34. The number of nitrogens with one attached hydrogen (secondary N) is 1. The lowest BCUT2D eigenvalue weighted by Crippen LogP contribution is -2.44. The molecule has 1 aliphatic heterocycles. The summed E-state index contributed by atoms with van der Waals surface area (Å²) < 4.78 is 20.6. The smallest absolute Gasteiger partial charge is 0.312 e. The molecule has 2 aromatic carbocycles. The maximum atomic E-state index is 13.4. The summed E-state index contributed by atoms with van der Waals surface area (Å²) in [7, 11) is 0. The number of halogens is 1. The molecule has 178 valence electrons. The van der Waals surface area contributed by atoms with E-state index >= 15 is 0 Å². The van der Waals surface area contributed by atoms with Crippen molar-refractivity contribution in [3.8, 4) is 0 Å². The van der Waals surface area contributed by atoms with Crippen molar-refractivity contribution in [2.75, 3.05) is 19.8 Å². The van der Waals surface area contributed by atoms with E-state index in [4.69, 9.17) is 4.74 Å². The van der Waals surface area contributed by atoms with Crippen molar-refractivity contribution >= 4 is 11.6 Å². The number of benzene rings is 2. The molecule has 0 bridgehead atoms. The van der Waals surface area contributed by atoms with Gasteiger partial charge in [-0.05, 0) is 62.1 Å². The Kier molecular flexibility index (Phi) is 6.74. The van der Waals surface area contributed by atoms with Gasteiger partial charge in [0.1, 0.15) is 17.2 Å². The lowest BCUT2D eigenvalue weighted by Gasteiger charge is -2.38. The van der Waals surface area contributed by atoms with Gasteiger partial charge < -0.3 is 10.1 Å². The molecule has 1 saturated heterocycles. The van der Waals surface area contributed by atoms with E-state index in [1.54, 1.807) is 42.8 Å². The van der Waals surface area contributed by atoms with Crippen molar-refractivity contribution < 1.29 is 18.8 Å². The minimum absolute atomic E-state index is 0.0270. The van der Waals surface area contributed by atoms with Crippen LogP contribution in [-0.4, -0.2) is 40.4 Å². The number of amides is 1. The molecular weight excluding hydrogens is 439 g/mol. The van der Waals surface area contributed by atoms with Crippen molar-refractivity contribution in [2.24, 2.45) is 0 Å². The van der Waals surface area contributed by atoms with E-state index < -0.39 is 4.92 Å². The Labute approximate surface area is 196 Å². The molecule has 0 radical (unpaired) electrons. The highest BCUT2D eigenvalue weighted by atomic mass is 19.1. The number of nitro groups is 1. The molecule has 1 aromatic heterocycles. The largest absolute Gasteiger partial charge is 0.381 e. The SMILES string of the molecule is Cc1nn(Cc2ccc(C(=O)NCC3(c4ccc(F)cc4)CCOCC3)cc2)c(C)c1[N+](=O)[O-]. The van der Waals surface area contributed by atoms with Crippen molar-refractivity contribution in [1.29, 1.82) is 0 Å². The van der Waals surface area contributed by atoms with Crippen LogP contribution in [0.2, 0.25) is 0 Å². The fraction of sp³-hybridized carbons (Fsp3) is 0.360. The Bertz CT molecular complexity index is 1180. The van der Waals surface area contributed by atoms with Gasteiger partial charge in [0.25, 0.3) is 5.91 Å². The number of carbonyl (C=O) groups is 1. The van der Waals surface area contributed by atoms with E-state index in [0.717, 1.165) is 24.0 Å². The zero-order chi connectivity index (χ0) is 24.3. The second-order valence-electron chi connectivity index (χ2n) is 8.71. The van der Waals surface area contributed by atoms with Crippen LogP contribution in [0.25, 0.3) is 0 Å². The lowest BCUT2D eigenvalue weighted by molar-refractivity contribution is -0.386. The molecule has 0 unspecified atom stereocenters.